The van der Waals surface area contributed by atoms with Crippen LogP contribution in [0.5, 0.6) is 0 Å². The summed E-state index contributed by atoms with van der Waals surface area (Å²) in [6, 6.07) is -4.46. The van der Waals surface area contributed by atoms with Crippen molar-refractivity contribution in [2.75, 3.05) is 21.1 Å². The number of cyclic esters (lactones) is 1. The highest BCUT2D eigenvalue weighted by atomic mass is 16.5. The normalized spacial score (nSPS) is 27.1. The van der Waals surface area contributed by atoms with Crippen LogP contribution < -0.4 is 16.0 Å². The van der Waals surface area contributed by atoms with E-state index in [-0.39, 0.29) is 55.8 Å². The van der Waals surface area contributed by atoms with Crippen LogP contribution in [-0.2, 0) is 38.3 Å². The first-order valence-corrected chi connectivity index (χ1v) is 22.9. The van der Waals surface area contributed by atoms with Crippen molar-refractivity contribution in [1.29, 1.82) is 5.26 Å². The number of carbonyl (C=O) groups excluding carboxylic acids is 7. The van der Waals surface area contributed by atoms with Crippen LogP contribution >= 0.6 is 0 Å². The van der Waals surface area contributed by atoms with Gasteiger partial charge in [0.25, 0.3) is 5.91 Å². The fraction of sp³-hybridized carbons (Fsp3) is 0.826. The average Bonchev–Trinajstić information content (AvgIpc) is 3.21. The molecule has 1 aliphatic heterocycles. The van der Waals surface area contributed by atoms with E-state index in [2.05, 4.69) is 22.9 Å². The smallest absolute Gasteiger partial charge is 0.329 e. The second-order valence-electron chi connectivity index (χ2n) is 19.0. The summed E-state index contributed by atoms with van der Waals surface area (Å²) in [5, 5.41) is 18.1. The summed E-state index contributed by atoms with van der Waals surface area (Å²) in [5.74, 6) is -4.67. The zero-order chi connectivity index (χ0) is 46.1. The fourth-order valence-corrected chi connectivity index (χ4v) is 8.39. The van der Waals surface area contributed by atoms with E-state index in [1.54, 1.807) is 20.9 Å². The molecule has 4 unspecified atom stereocenters. The number of ether oxygens (including phenoxy) is 1. The Morgan fingerprint density at radius 3 is 1.79 bits per heavy atom. The molecule has 6 amide bonds. The summed E-state index contributed by atoms with van der Waals surface area (Å²) < 4.78 is 5.72. The van der Waals surface area contributed by atoms with Crippen molar-refractivity contribution in [2.24, 2.45) is 29.6 Å². The lowest BCUT2D eigenvalue weighted by molar-refractivity contribution is -0.163. The number of likely N-dealkylation sites (N-methyl/N-ethyl adjacent to an activating group) is 3. The Kier molecular flexibility index (Phi) is 22.3. The van der Waals surface area contributed by atoms with Crippen LogP contribution in [0.4, 0.5) is 0 Å². The third-order valence-electron chi connectivity index (χ3n) is 12.4. The van der Waals surface area contributed by atoms with Gasteiger partial charge in [-0.3, -0.25) is 28.8 Å². The second kappa shape index (κ2) is 25.7. The molecule has 61 heavy (non-hydrogen) atoms. The number of nitrogens with zero attached hydrogens (tertiary/aromatic N) is 4. The molecule has 0 aromatic carbocycles. The van der Waals surface area contributed by atoms with E-state index in [1.807, 2.05) is 40.7 Å². The average molecular weight is 858 g/mol. The maximum atomic E-state index is 14.7. The lowest BCUT2D eigenvalue weighted by Gasteiger charge is -2.37. The zero-order valence-electron chi connectivity index (χ0n) is 39.4. The zero-order valence-corrected chi connectivity index (χ0v) is 39.4. The van der Waals surface area contributed by atoms with Crippen LogP contribution in [0.2, 0.25) is 0 Å². The van der Waals surface area contributed by atoms with Gasteiger partial charge in [-0.05, 0) is 62.2 Å². The molecule has 2 fully saturated rings. The van der Waals surface area contributed by atoms with Crippen LogP contribution in [0.1, 0.15) is 152 Å². The van der Waals surface area contributed by atoms with Crippen molar-refractivity contribution < 1.29 is 38.3 Å². The van der Waals surface area contributed by atoms with E-state index in [9.17, 15) is 38.8 Å². The highest BCUT2D eigenvalue weighted by Gasteiger charge is 2.41. The van der Waals surface area contributed by atoms with Crippen molar-refractivity contribution in [3.8, 4) is 6.07 Å². The number of hydrogen-bond donors (Lipinski definition) is 3. The minimum absolute atomic E-state index is 0.0220. The van der Waals surface area contributed by atoms with Gasteiger partial charge >= 0.3 is 5.97 Å². The SMILES string of the molecule is CCCC[C@@H](C)CC1NC(=O)[C@H](CC2CCCCC2)N(C)C(=O)C(CC(C)C)NC(=O)C(CC(C)C)N(C)C(=O)[C@H](C(C)C)NC(=O)[C@@H](CCC#N)OC(=O)C(C)N(C)C1=O. The number of hydrogen-bond acceptors (Lipinski definition) is 9. The van der Waals surface area contributed by atoms with E-state index in [1.165, 1.54) is 35.7 Å². The molecular weight excluding hydrogens is 779 g/mol. The van der Waals surface area contributed by atoms with Gasteiger partial charge in [-0.2, -0.15) is 5.26 Å². The number of nitriles is 1. The van der Waals surface area contributed by atoms with E-state index >= 15 is 0 Å². The number of rotatable bonds is 14. The van der Waals surface area contributed by atoms with Gasteiger partial charge in [-0.25, -0.2) is 4.79 Å². The van der Waals surface area contributed by atoms with E-state index in [0.29, 0.717) is 6.42 Å². The minimum atomic E-state index is -1.47. The molecule has 15 nitrogen and oxygen atoms in total. The van der Waals surface area contributed by atoms with Crippen molar-refractivity contribution in [2.45, 2.75) is 195 Å². The van der Waals surface area contributed by atoms with Gasteiger partial charge < -0.3 is 35.4 Å². The standard InChI is InChI=1S/C46H79N7O8/c1-13-14-19-31(8)26-35-43(57)51(10)32(9)46(60)61-38(22-18-23-47)42(56)50-39(30(6)7)45(59)53(12)36(25-29(4)5)40(54)48-34(24-28(2)3)44(58)52(11)37(41(55)49-35)27-33-20-16-15-17-21-33/h28-39H,13-22,24-27H2,1-12H3,(H,48,54)(H,49,55)(H,50,56)/t31-,32?,34?,35?,36?,37+,38-,39+/m1/s1. The Hall–Kier alpha value is -4.22. The third kappa shape index (κ3) is 16.2. The minimum Gasteiger partial charge on any atom is -0.451 e. The molecule has 8 atom stereocenters. The predicted molar refractivity (Wildman–Crippen MR) is 234 cm³/mol. The van der Waals surface area contributed by atoms with Crippen molar-refractivity contribution in [3.63, 3.8) is 0 Å². The molecule has 346 valence electrons. The Morgan fingerprint density at radius 1 is 0.705 bits per heavy atom. The van der Waals surface area contributed by atoms with Gasteiger partial charge in [0, 0.05) is 34.0 Å². The molecule has 0 bridgehead atoms. The summed E-state index contributed by atoms with van der Waals surface area (Å²) in [5.41, 5.74) is 0. The van der Waals surface area contributed by atoms with Crippen LogP contribution in [-0.4, -0.2) is 120 Å². The third-order valence-corrected chi connectivity index (χ3v) is 12.4. The Labute approximate surface area is 366 Å². The lowest BCUT2D eigenvalue weighted by Crippen LogP contribution is -2.60. The highest BCUT2D eigenvalue weighted by Crippen LogP contribution is 2.29. The maximum absolute atomic E-state index is 14.7. The van der Waals surface area contributed by atoms with Crippen LogP contribution in [0, 0.1) is 40.9 Å². The first-order valence-electron chi connectivity index (χ1n) is 22.9. The molecule has 2 aliphatic rings. The topological polar surface area (TPSA) is 198 Å². The summed E-state index contributed by atoms with van der Waals surface area (Å²) in [4.78, 5) is 104. The summed E-state index contributed by atoms with van der Waals surface area (Å²) >= 11 is 0. The number of unbranched alkanes of at least 4 members (excludes halogenated alkanes) is 1. The van der Waals surface area contributed by atoms with Crippen LogP contribution in [0.15, 0.2) is 0 Å². The molecule has 3 N–H and O–H groups in total. The van der Waals surface area contributed by atoms with Crippen molar-refractivity contribution >= 4 is 41.4 Å². The fourth-order valence-electron chi connectivity index (χ4n) is 8.39. The molecule has 1 aliphatic carbocycles. The van der Waals surface area contributed by atoms with Gasteiger partial charge in [0.2, 0.25) is 29.5 Å². The first-order chi connectivity index (χ1) is 28.6. The van der Waals surface area contributed by atoms with Crippen molar-refractivity contribution in [1.82, 2.24) is 30.7 Å². The number of amides is 6. The number of nitrogens with one attached hydrogen (secondary N) is 3. The molecule has 15 heteroatoms. The predicted octanol–water partition coefficient (Wildman–Crippen LogP) is 5.11. The van der Waals surface area contributed by atoms with Gasteiger partial charge in [0.1, 0.15) is 36.3 Å². The maximum Gasteiger partial charge on any atom is 0.329 e. The summed E-state index contributed by atoms with van der Waals surface area (Å²) in [7, 11) is 4.51. The molecule has 1 heterocycles. The van der Waals surface area contributed by atoms with Gasteiger partial charge in [0.15, 0.2) is 6.10 Å². The Morgan fingerprint density at radius 2 is 1.25 bits per heavy atom. The Bertz CT molecular complexity index is 1520. The van der Waals surface area contributed by atoms with E-state index in [0.717, 1.165) is 51.4 Å². The molecule has 1 saturated heterocycles. The van der Waals surface area contributed by atoms with Gasteiger partial charge in [-0.15, -0.1) is 0 Å². The molecule has 1 saturated carbocycles. The van der Waals surface area contributed by atoms with Gasteiger partial charge in [-0.1, -0.05) is 107 Å². The monoisotopic (exact) mass is 858 g/mol. The molecule has 0 radical (unpaired) electrons. The van der Waals surface area contributed by atoms with E-state index < -0.39 is 89.7 Å². The molecule has 0 spiro atoms. The Balaban J connectivity index is 2.84. The number of esters is 1. The first kappa shape index (κ1) is 52.9. The number of carbonyl (C=O) groups is 7. The lowest BCUT2D eigenvalue weighted by atomic mass is 9.84. The second-order valence-corrected chi connectivity index (χ2v) is 19.0. The van der Waals surface area contributed by atoms with Gasteiger partial charge in [0.05, 0.1) is 6.07 Å². The molecular formula is C46H79N7O8. The summed E-state index contributed by atoms with van der Waals surface area (Å²) in [6.45, 7) is 16.7. The van der Waals surface area contributed by atoms with Crippen molar-refractivity contribution in [3.05, 3.63) is 0 Å². The van der Waals surface area contributed by atoms with Crippen LogP contribution in [0.25, 0.3) is 0 Å². The summed E-state index contributed by atoms with van der Waals surface area (Å²) in [6.07, 6.45) is 6.98. The highest BCUT2D eigenvalue weighted by molar-refractivity contribution is 5.97. The van der Waals surface area contributed by atoms with E-state index in [4.69, 9.17) is 4.74 Å². The molecule has 0 aromatic rings. The molecule has 0 aromatic heterocycles. The quantitative estimate of drug-likeness (QED) is 0.199. The van der Waals surface area contributed by atoms with Crippen LogP contribution in [0.3, 0.4) is 0 Å². The largest absolute Gasteiger partial charge is 0.451 e. The molecule has 2 rings (SSSR count).